The standard InChI is InChI=1S/C22H30N4O2S/c1-3-4-5-6-10-15-26-18-19(25(2)21(28)24-20(18)27)23-22(26)29-16-11-14-17-12-8-7-9-13-17/h7-9,12-13H,3-6,10-11,14-16H2,1-2H3,(H,24,27,28). The van der Waals surface area contributed by atoms with Gasteiger partial charge in [-0.05, 0) is 24.8 Å². The van der Waals surface area contributed by atoms with Crippen molar-refractivity contribution in [2.45, 2.75) is 63.6 Å². The van der Waals surface area contributed by atoms with Gasteiger partial charge in [-0.1, -0.05) is 74.7 Å². The highest BCUT2D eigenvalue weighted by molar-refractivity contribution is 7.99. The van der Waals surface area contributed by atoms with Crippen molar-refractivity contribution in [3.63, 3.8) is 0 Å². The van der Waals surface area contributed by atoms with E-state index in [1.807, 2.05) is 10.6 Å². The van der Waals surface area contributed by atoms with Gasteiger partial charge in [-0.2, -0.15) is 0 Å². The van der Waals surface area contributed by atoms with Gasteiger partial charge in [-0.15, -0.1) is 0 Å². The van der Waals surface area contributed by atoms with E-state index >= 15 is 0 Å². The van der Waals surface area contributed by atoms with E-state index < -0.39 is 5.69 Å². The second-order valence-electron chi connectivity index (χ2n) is 7.39. The van der Waals surface area contributed by atoms with Crippen LogP contribution in [0.25, 0.3) is 11.2 Å². The number of imidazole rings is 1. The predicted molar refractivity (Wildman–Crippen MR) is 120 cm³/mol. The fourth-order valence-corrected chi connectivity index (χ4v) is 4.45. The van der Waals surface area contributed by atoms with Crippen LogP contribution < -0.4 is 11.2 Å². The van der Waals surface area contributed by atoms with E-state index in [-0.39, 0.29) is 5.56 Å². The molecule has 0 aliphatic heterocycles. The maximum atomic E-state index is 12.5. The highest BCUT2D eigenvalue weighted by Gasteiger charge is 2.17. The first-order chi connectivity index (χ1) is 14.1. The number of nitrogens with zero attached hydrogens (tertiary/aromatic N) is 3. The van der Waals surface area contributed by atoms with Crippen LogP contribution >= 0.6 is 11.8 Å². The average molecular weight is 415 g/mol. The number of aryl methyl sites for hydroxylation is 3. The molecule has 0 spiro atoms. The summed E-state index contributed by atoms with van der Waals surface area (Å²) in [4.78, 5) is 31.6. The number of aromatic nitrogens is 4. The minimum absolute atomic E-state index is 0.347. The lowest BCUT2D eigenvalue weighted by molar-refractivity contribution is 0.552. The zero-order valence-corrected chi connectivity index (χ0v) is 18.1. The van der Waals surface area contributed by atoms with Crippen LogP contribution in [0.2, 0.25) is 0 Å². The van der Waals surface area contributed by atoms with Crippen LogP contribution in [0.15, 0.2) is 45.1 Å². The normalized spacial score (nSPS) is 11.4. The molecule has 1 aromatic carbocycles. The molecule has 0 radical (unpaired) electrons. The van der Waals surface area contributed by atoms with Gasteiger partial charge in [0.2, 0.25) is 0 Å². The fraction of sp³-hybridized carbons (Fsp3) is 0.500. The van der Waals surface area contributed by atoms with Crippen LogP contribution in [-0.2, 0) is 20.0 Å². The third kappa shape index (κ3) is 5.41. The van der Waals surface area contributed by atoms with Crippen molar-refractivity contribution in [2.75, 3.05) is 5.75 Å². The van der Waals surface area contributed by atoms with E-state index in [1.54, 1.807) is 18.8 Å². The predicted octanol–water partition coefficient (Wildman–Crippen LogP) is 4.12. The van der Waals surface area contributed by atoms with Crippen LogP contribution in [0.5, 0.6) is 0 Å². The summed E-state index contributed by atoms with van der Waals surface area (Å²) in [6.07, 6.45) is 7.84. The molecular formula is C22H30N4O2S. The van der Waals surface area contributed by atoms with Crippen molar-refractivity contribution >= 4 is 22.9 Å². The lowest BCUT2D eigenvalue weighted by atomic mass is 10.1. The fourth-order valence-electron chi connectivity index (χ4n) is 3.49. The van der Waals surface area contributed by atoms with Crippen molar-refractivity contribution in [2.24, 2.45) is 7.05 Å². The molecule has 0 bridgehead atoms. The number of thioether (sulfide) groups is 1. The SMILES string of the molecule is CCCCCCCn1c(SCCCc2ccccc2)nc2c1c(=O)[nH]c(=O)n2C. The molecule has 0 fully saturated rings. The Morgan fingerprint density at radius 2 is 1.79 bits per heavy atom. The van der Waals surface area contributed by atoms with E-state index in [4.69, 9.17) is 0 Å². The Balaban J connectivity index is 1.76. The summed E-state index contributed by atoms with van der Waals surface area (Å²) in [5, 5.41) is 0.829. The molecule has 3 aromatic rings. The van der Waals surface area contributed by atoms with Gasteiger partial charge in [-0.3, -0.25) is 14.3 Å². The first-order valence-electron chi connectivity index (χ1n) is 10.5. The first kappa shape index (κ1) is 21.4. The molecule has 0 atom stereocenters. The van der Waals surface area contributed by atoms with Crippen LogP contribution in [0.3, 0.4) is 0 Å². The van der Waals surface area contributed by atoms with E-state index in [0.717, 1.165) is 43.1 Å². The summed E-state index contributed by atoms with van der Waals surface area (Å²) in [6, 6.07) is 10.4. The topological polar surface area (TPSA) is 72.7 Å². The number of H-pyrrole nitrogens is 1. The first-order valence-corrected chi connectivity index (χ1v) is 11.5. The summed E-state index contributed by atoms with van der Waals surface area (Å²) in [5.41, 5.74) is 1.54. The Morgan fingerprint density at radius 3 is 2.55 bits per heavy atom. The number of hydrogen-bond donors (Lipinski definition) is 1. The van der Waals surface area contributed by atoms with Gasteiger partial charge in [0.15, 0.2) is 16.3 Å². The Hall–Kier alpha value is -2.28. The lowest BCUT2D eigenvalue weighted by Crippen LogP contribution is -2.29. The van der Waals surface area contributed by atoms with Crippen LogP contribution in [-0.4, -0.2) is 24.9 Å². The largest absolute Gasteiger partial charge is 0.329 e. The maximum absolute atomic E-state index is 12.5. The minimum Gasteiger partial charge on any atom is -0.313 e. The van der Waals surface area contributed by atoms with Crippen molar-refractivity contribution in [3.8, 4) is 0 Å². The zero-order valence-electron chi connectivity index (χ0n) is 17.3. The number of aromatic amines is 1. The molecule has 1 N–H and O–H groups in total. The molecule has 2 heterocycles. The quantitative estimate of drug-likeness (QED) is 0.378. The van der Waals surface area contributed by atoms with E-state index in [0.29, 0.717) is 11.2 Å². The smallest absolute Gasteiger partial charge is 0.313 e. The Morgan fingerprint density at radius 1 is 1.03 bits per heavy atom. The summed E-state index contributed by atoms with van der Waals surface area (Å²) < 4.78 is 3.44. The molecule has 2 aromatic heterocycles. The Labute approximate surface area is 175 Å². The Bertz CT molecular complexity index is 1040. The van der Waals surface area contributed by atoms with E-state index in [2.05, 4.69) is 41.2 Å². The third-order valence-corrected chi connectivity index (χ3v) is 6.20. The number of benzene rings is 1. The van der Waals surface area contributed by atoms with Gasteiger partial charge < -0.3 is 4.57 Å². The summed E-state index contributed by atoms with van der Waals surface area (Å²) >= 11 is 1.67. The number of fused-ring (bicyclic) bond motifs is 1. The monoisotopic (exact) mass is 414 g/mol. The number of rotatable bonds is 11. The van der Waals surface area contributed by atoms with E-state index in [1.165, 1.54) is 29.4 Å². The van der Waals surface area contributed by atoms with Gasteiger partial charge in [0.1, 0.15) is 0 Å². The maximum Gasteiger partial charge on any atom is 0.329 e. The van der Waals surface area contributed by atoms with Crippen molar-refractivity contribution in [3.05, 3.63) is 56.7 Å². The molecule has 0 saturated heterocycles. The molecule has 29 heavy (non-hydrogen) atoms. The van der Waals surface area contributed by atoms with Gasteiger partial charge in [-0.25, -0.2) is 9.78 Å². The molecule has 0 aliphatic rings. The molecule has 0 unspecified atom stereocenters. The van der Waals surface area contributed by atoms with Crippen molar-refractivity contribution < 1.29 is 0 Å². The van der Waals surface area contributed by atoms with Crippen LogP contribution in [0.4, 0.5) is 0 Å². The molecule has 6 nitrogen and oxygen atoms in total. The van der Waals surface area contributed by atoms with E-state index in [9.17, 15) is 9.59 Å². The van der Waals surface area contributed by atoms with Gasteiger partial charge in [0.25, 0.3) is 5.56 Å². The number of nitrogens with one attached hydrogen (secondary N) is 1. The highest BCUT2D eigenvalue weighted by Crippen LogP contribution is 2.23. The Kier molecular flexibility index (Phi) is 7.75. The van der Waals surface area contributed by atoms with Crippen LogP contribution in [0, 0.1) is 0 Å². The summed E-state index contributed by atoms with van der Waals surface area (Å²) in [5.74, 6) is 0.917. The lowest BCUT2D eigenvalue weighted by Gasteiger charge is -2.08. The number of unbranched alkanes of at least 4 members (excludes halogenated alkanes) is 4. The molecule has 7 heteroatoms. The third-order valence-electron chi connectivity index (χ3n) is 5.14. The molecule has 0 aliphatic carbocycles. The minimum atomic E-state index is -0.421. The second-order valence-corrected chi connectivity index (χ2v) is 8.45. The van der Waals surface area contributed by atoms with Crippen LogP contribution in [0.1, 0.15) is 51.0 Å². The molecule has 0 amide bonds. The van der Waals surface area contributed by atoms with Gasteiger partial charge in [0.05, 0.1) is 0 Å². The molecule has 0 saturated carbocycles. The zero-order chi connectivity index (χ0) is 20.6. The summed E-state index contributed by atoms with van der Waals surface area (Å²) in [6.45, 7) is 2.95. The average Bonchev–Trinajstić information content (AvgIpc) is 3.09. The highest BCUT2D eigenvalue weighted by atomic mass is 32.2. The van der Waals surface area contributed by atoms with Gasteiger partial charge in [0, 0.05) is 19.3 Å². The van der Waals surface area contributed by atoms with Crippen molar-refractivity contribution in [1.29, 1.82) is 0 Å². The second kappa shape index (κ2) is 10.5. The molecular weight excluding hydrogens is 384 g/mol. The van der Waals surface area contributed by atoms with Gasteiger partial charge >= 0.3 is 5.69 Å². The number of hydrogen-bond acceptors (Lipinski definition) is 4. The molecule has 156 valence electrons. The molecule has 3 rings (SSSR count). The van der Waals surface area contributed by atoms with Crippen molar-refractivity contribution in [1.82, 2.24) is 19.1 Å². The summed E-state index contributed by atoms with van der Waals surface area (Å²) in [7, 11) is 1.66.